The number of rotatable bonds is 7. The van der Waals surface area contributed by atoms with Crippen LogP contribution in [0.3, 0.4) is 0 Å². The summed E-state index contributed by atoms with van der Waals surface area (Å²) in [4.78, 5) is 18.0. The van der Waals surface area contributed by atoms with Gasteiger partial charge in [0.05, 0.1) is 17.6 Å². The van der Waals surface area contributed by atoms with E-state index in [1.54, 1.807) is 21.1 Å². The molecule has 45 heavy (non-hydrogen) atoms. The Labute approximate surface area is 265 Å². The summed E-state index contributed by atoms with van der Waals surface area (Å²) in [6, 6.07) is 17.4. The van der Waals surface area contributed by atoms with Gasteiger partial charge in [-0.15, -0.1) is 5.10 Å². The molecule has 0 amide bonds. The van der Waals surface area contributed by atoms with Gasteiger partial charge in [0, 0.05) is 46.2 Å². The minimum Gasteiger partial charge on any atom is -0.461 e. The van der Waals surface area contributed by atoms with Crippen LogP contribution in [0.4, 0.5) is 5.69 Å². The minimum atomic E-state index is -3.73. The van der Waals surface area contributed by atoms with Crippen molar-refractivity contribution in [3.63, 3.8) is 0 Å². The molecule has 2 unspecified atom stereocenters. The highest BCUT2D eigenvalue weighted by atomic mass is 32.2. The molecule has 2 atom stereocenters. The Bertz CT molecular complexity index is 1840. The molecule has 6 rings (SSSR count). The maximum atomic E-state index is 13.9. The number of hydrogen-bond donors (Lipinski definition) is 0. The van der Waals surface area contributed by atoms with Gasteiger partial charge < -0.3 is 14.5 Å². The predicted octanol–water partition coefficient (Wildman–Crippen LogP) is 4.39. The van der Waals surface area contributed by atoms with E-state index in [1.165, 1.54) is 0 Å². The van der Waals surface area contributed by atoms with Gasteiger partial charge in [0.25, 0.3) is 0 Å². The fourth-order valence-electron chi connectivity index (χ4n) is 6.71. The third-order valence-corrected chi connectivity index (χ3v) is 11.3. The van der Waals surface area contributed by atoms with Gasteiger partial charge >= 0.3 is 5.97 Å². The molecule has 1 saturated heterocycles. The summed E-state index contributed by atoms with van der Waals surface area (Å²) >= 11 is 0. The van der Waals surface area contributed by atoms with Gasteiger partial charge in [-0.2, -0.15) is 4.31 Å². The summed E-state index contributed by atoms with van der Waals surface area (Å²) in [7, 11) is 2.12. The number of hydrogen-bond acceptors (Lipinski definition) is 8. The van der Waals surface area contributed by atoms with Crippen LogP contribution in [0.15, 0.2) is 59.5 Å². The van der Waals surface area contributed by atoms with Crippen molar-refractivity contribution in [1.82, 2.24) is 24.2 Å². The van der Waals surface area contributed by atoms with E-state index in [9.17, 15) is 13.2 Å². The van der Waals surface area contributed by atoms with Gasteiger partial charge in [-0.05, 0) is 86.3 Å². The molecule has 2 aliphatic rings. The second kappa shape index (κ2) is 12.5. The lowest BCUT2D eigenvalue weighted by Gasteiger charge is -2.30. The molecule has 1 fully saturated rings. The monoisotopic (exact) mass is 630 g/mol. The van der Waals surface area contributed by atoms with E-state index >= 15 is 0 Å². The number of carbonyl (C=O) groups is 1. The Morgan fingerprint density at radius 1 is 1.02 bits per heavy atom. The number of piperidine rings is 1. The molecule has 0 aliphatic carbocycles. The van der Waals surface area contributed by atoms with E-state index in [1.807, 2.05) is 63.2 Å². The van der Waals surface area contributed by atoms with Gasteiger partial charge in [0.2, 0.25) is 10.0 Å². The Kier molecular flexibility index (Phi) is 8.69. The number of ether oxygens (including phenoxy) is 1. The third-order valence-electron chi connectivity index (χ3n) is 9.41. The van der Waals surface area contributed by atoms with Crippen LogP contribution in [0.5, 0.6) is 0 Å². The van der Waals surface area contributed by atoms with Crippen LogP contribution in [0.2, 0.25) is 0 Å². The molecule has 0 radical (unpaired) electrons. The lowest BCUT2D eigenvalue weighted by Crippen LogP contribution is -2.38. The first-order chi connectivity index (χ1) is 21.5. The molecular weight excluding hydrogens is 588 g/mol. The quantitative estimate of drug-likeness (QED) is 0.278. The molecular formula is C34H42N6O4S. The molecule has 4 aromatic rings. The molecule has 0 saturated carbocycles. The number of esters is 1. The minimum absolute atomic E-state index is 0.122. The number of anilines is 1. The summed E-state index contributed by atoms with van der Waals surface area (Å²) in [5.41, 5.74) is 7.21. The highest BCUT2D eigenvalue weighted by Crippen LogP contribution is 2.36. The van der Waals surface area contributed by atoms with Gasteiger partial charge in [-0.3, -0.25) is 4.79 Å². The fraction of sp³-hybridized carbons (Fsp3) is 0.441. The summed E-state index contributed by atoms with van der Waals surface area (Å²) in [5.74, 6) is -0.548. The molecule has 10 nitrogen and oxygen atoms in total. The number of carbonyl (C=O) groups excluding carboxylic acids is 1. The van der Waals surface area contributed by atoms with Crippen molar-refractivity contribution in [3.05, 3.63) is 82.4 Å². The van der Waals surface area contributed by atoms with E-state index < -0.39 is 10.0 Å². The lowest BCUT2D eigenvalue weighted by molar-refractivity contribution is -0.151. The van der Waals surface area contributed by atoms with Crippen LogP contribution in [-0.2, 0) is 33.1 Å². The SMILES string of the molecule is Cc1ccc(C(CC(=O)OC2CCCN(C)C2)c2ccc3c(nnn3C)c2C)cc1CN1CCN(C)c2ccccc2S1(=O)=O. The highest BCUT2D eigenvalue weighted by molar-refractivity contribution is 7.89. The number of sulfonamides is 1. The Morgan fingerprint density at radius 3 is 2.62 bits per heavy atom. The van der Waals surface area contributed by atoms with Crippen LogP contribution in [0.25, 0.3) is 11.0 Å². The number of fused-ring (bicyclic) bond motifs is 2. The Balaban J connectivity index is 1.35. The largest absolute Gasteiger partial charge is 0.461 e. The first-order valence-corrected chi connectivity index (χ1v) is 17.0. The fourth-order valence-corrected chi connectivity index (χ4v) is 8.36. The molecule has 3 heterocycles. The average Bonchev–Trinajstić information content (AvgIpc) is 3.36. The van der Waals surface area contributed by atoms with Crippen LogP contribution in [-0.4, -0.2) is 85.0 Å². The molecule has 0 N–H and O–H groups in total. The lowest BCUT2D eigenvalue weighted by atomic mass is 9.84. The summed E-state index contributed by atoms with van der Waals surface area (Å²) in [6.45, 7) is 6.95. The van der Waals surface area contributed by atoms with Crippen molar-refractivity contribution in [3.8, 4) is 0 Å². The summed E-state index contributed by atoms with van der Waals surface area (Å²) < 4.78 is 37.1. The number of nitrogens with zero attached hydrogens (tertiary/aromatic N) is 6. The number of benzene rings is 3. The van der Waals surface area contributed by atoms with E-state index in [0.717, 1.165) is 64.8 Å². The highest BCUT2D eigenvalue weighted by Gasteiger charge is 2.32. The zero-order valence-corrected chi connectivity index (χ0v) is 27.5. The summed E-state index contributed by atoms with van der Waals surface area (Å²) in [5, 5.41) is 8.62. The van der Waals surface area contributed by atoms with Crippen molar-refractivity contribution in [1.29, 1.82) is 0 Å². The van der Waals surface area contributed by atoms with E-state index in [-0.39, 0.29) is 31.0 Å². The molecule has 3 aromatic carbocycles. The molecule has 1 aromatic heterocycles. The first-order valence-electron chi connectivity index (χ1n) is 15.6. The van der Waals surface area contributed by atoms with Gasteiger partial charge in [-0.25, -0.2) is 13.1 Å². The van der Waals surface area contributed by atoms with Crippen LogP contribution < -0.4 is 4.90 Å². The Morgan fingerprint density at radius 2 is 1.82 bits per heavy atom. The van der Waals surface area contributed by atoms with Crippen LogP contribution in [0, 0.1) is 13.8 Å². The van der Waals surface area contributed by atoms with Crippen molar-refractivity contribution in [2.75, 3.05) is 45.2 Å². The number of likely N-dealkylation sites (N-methyl/N-ethyl adjacent to an activating group) is 2. The van der Waals surface area contributed by atoms with Gasteiger partial charge in [0.15, 0.2) is 0 Å². The van der Waals surface area contributed by atoms with Crippen molar-refractivity contribution in [2.24, 2.45) is 7.05 Å². The third kappa shape index (κ3) is 6.21. The number of para-hydroxylation sites is 1. The van der Waals surface area contributed by atoms with Crippen LogP contribution in [0.1, 0.15) is 53.0 Å². The predicted molar refractivity (Wildman–Crippen MR) is 175 cm³/mol. The van der Waals surface area contributed by atoms with Crippen molar-refractivity contribution >= 4 is 32.7 Å². The normalized spacial score (nSPS) is 19.7. The molecule has 0 spiro atoms. The topological polar surface area (TPSA) is 101 Å². The standard InChI is InChI=1S/C34H42N6O4S/c1-23-12-13-25(19-26(23)21-40-18-17-38(4)30-10-6-7-11-32(30)45(40,42)43)29(20-33(41)44-27-9-8-16-37(3)22-27)28-14-15-31-34(24(28)2)35-36-39(31)5/h6-7,10-15,19,27,29H,8-9,16-18,20-22H2,1-5H3. The zero-order chi connectivity index (χ0) is 31.9. The van der Waals surface area contributed by atoms with Crippen molar-refractivity contribution < 1.29 is 17.9 Å². The van der Waals surface area contributed by atoms with E-state index in [4.69, 9.17) is 4.74 Å². The first kappa shape index (κ1) is 31.2. The number of likely N-dealkylation sites (tertiary alicyclic amines) is 1. The second-order valence-electron chi connectivity index (χ2n) is 12.5. The molecule has 2 aliphatic heterocycles. The second-order valence-corrected chi connectivity index (χ2v) is 14.5. The maximum Gasteiger partial charge on any atom is 0.307 e. The zero-order valence-electron chi connectivity index (χ0n) is 26.7. The van der Waals surface area contributed by atoms with Crippen LogP contribution >= 0.6 is 0 Å². The molecule has 11 heteroatoms. The van der Waals surface area contributed by atoms with Crippen molar-refractivity contribution in [2.45, 2.75) is 56.6 Å². The smallest absolute Gasteiger partial charge is 0.307 e. The van der Waals surface area contributed by atoms with Gasteiger partial charge in [-0.1, -0.05) is 41.6 Å². The Hall–Kier alpha value is -3.80. The maximum absolute atomic E-state index is 13.9. The van der Waals surface area contributed by atoms with E-state index in [2.05, 4.69) is 34.4 Å². The number of aromatic nitrogens is 3. The molecule has 0 bridgehead atoms. The average molecular weight is 631 g/mol. The van der Waals surface area contributed by atoms with E-state index in [0.29, 0.717) is 23.7 Å². The number of aryl methyl sites for hydroxylation is 3. The molecule has 238 valence electrons. The van der Waals surface area contributed by atoms with Gasteiger partial charge in [0.1, 0.15) is 16.5 Å². The summed E-state index contributed by atoms with van der Waals surface area (Å²) in [6.07, 6.45) is 1.91.